The second-order valence-electron chi connectivity index (χ2n) is 9.06. The maximum Gasteiger partial charge on any atom is 0.238 e. The third-order valence-electron chi connectivity index (χ3n) is 5.96. The molecule has 0 aliphatic heterocycles. The number of hydrogen-bond acceptors (Lipinski definition) is 7. The van der Waals surface area contributed by atoms with Crippen LogP contribution < -0.4 is 5.32 Å². The Morgan fingerprint density at radius 1 is 1.03 bits per heavy atom. The Bertz CT molecular complexity index is 1790. The van der Waals surface area contributed by atoms with Crippen molar-refractivity contribution in [2.45, 2.75) is 0 Å². The molecule has 0 spiro atoms. The third kappa shape index (κ3) is 4.46. The predicted octanol–water partition coefficient (Wildman–Crippen LogP) is 4.26. The molecule has 10 nitrogen and oxygen atoms in total. The number of carbonyl (C=O) groups is 1. The van der Waals surface area contributed by atoms with E-state index in [1.807, 2.05) is 38.4 Å². The molecule has 38 heavy (non-hydrogen) atoms. The monoisotopic (exact) mass is 507 g/mol. The zero-order chi connectivity index (χ0) is 26.2. The van der Waals surface area contributed by atoms with E-state index in [2.05, 4.69) is 35.5 Å². The van der Waals surface area contributed by atoms with Gasteiger partial charge in [0, 0.05) is 23.5 Å². The van der Waals surface area contributed by atoms with Gasteiger partial charge < -0.3 is 15.2 Å². The highest BCUT2D eigenvalue weighted by Gasteiger charge is 2.17. The molecule has 1 amide bonds. The van der Waals surface area contributed by atoms with E-state index in [1.54, 1.807) is 35.6 Å². The number of benzene rings is 1. The van der Waals surface area contributed by atoms with Crippen molar-refractivity contribution in [2.24, 2.45) is 0 Å². The van der Waals surface area contributed by atoms with E-state index in [0.717, 1.165) is 22.2 Å². The first-order valence-electron chi connectivity index (χ1n) is 11.8. The molecular weight excluding hydrogens is 485 g/mol. The van der Waals surface area contributed by atoms with Crippen LogP contribution >= 0.6 is 0 Å². The lowest BCUT2D eigenvalue weighted by Crippen LogP contribution is -2.27. The first-order chi connectivity index (χ1) is 18.4. The van der Waals surface area contributed by atoms with Crippen molar-refractivity contribution in [3.8, 4) is 33.9 Å². The Morgan fingerprint density at radius 3 is 2.68 bits per heavy atom. The molecule has 0 saturated carbocycles. The van der Waals surface area contributed by atoms with Crippen LogP contribution in [0.4, 0.5) is 10.1 Å². The number of halogens is 1. The minimum absolute atomic E-state index is 0.131. The lowest BCUT2D eigenvalue weighted by atomic mass is 10.1. The topological polar surface area (TPSA) is 128 Å². The summed E-state index contributed by atoms with van der Waals surface area (Å²) in [5.41, 5.74) is 6.79. The average molecular weight is 508 g/mol. The van der Waals surface area contributed by atoms with Crippen LogP contribution in [-0.2, 0) is 4.79 Å². The number of H-pyrrole nitrogens is 2. The summed E-state index contributed by atoms with van der Waals surface area (Å²) in [4.78, 5) is 35.4. The molecular formula is C27H22FN9O. The molecule has 0 aliphatic carbocycles. The highest BCUT2D eigenvalue weighted by Crippen LogP contribution is 2.31. The number of carbonyl (C=O) groups excluding carboxylic acids is 1. The molecule has 0 aliphatic rings. The molecule has 6 aromatic rings. The van der Waals surface area contributed by atoms with Gasteiger partial charge >= 0.3 is 0 Å². The molecule has 0 atom stereocenters. The van der Waals surface area contributed by atoms with Gasteiger partial charge in [-0.3, -0.25) is 14.9 Å². The van der Waals surface area contributed by atoms with Gasteiger partial charge in [0.2, 0.25) is 5.91 Å². The van der Waals surface area contributed by atoms with Crippen LogP contribution in [-0.4, -0.2) is 66.6 Å². The molecule has 3 N–H and O–H groups in total. The minimum atomic E-state index is -0.300. The summed E-state index contributed by atoms with van der Waals surface area (Å²) in [6, 6.07) is 13.7. The number of hydrogen-bond donors (Lipinski definition) is 3. The second kappa shape index (κ2) is 9.45. The quantitative estimate of drug-likeness (QED) is 0.307. The van der Waals surface area contributed by atoms with Gasteiger partial charge in [-0.05, 0) is 56.1 Å². The zero-order valence-corrected chi connectivity index (χ0v) is 20.5. The number of anilines is 1. The molecule has 0 bridgehead atoms. The maximum absolute atomic E-state index is 13.5. The molecule has 0 saturated heterocycles. The normalized spacial score (nSPS) is 11.5. The SMILES string of the molecule is CN(C)CC(=O)Nc1cncc(-c2ccc3[nH]nc(-c4nc5nccc(-c6ccc(F)cc6)c5[nH]4)c3n2)c1. The zero-order valence-electron chi connectivity index (χ0n) is 20.5. The van der Waals surface area contributed by atoms with Gasteiger partial charge in [-0.2, -0.15) is 5.10 Å². The summed E-state index contributed by atoms with van der Waals surface area (Å²) in [6.45, 7) is 0.266. The van der Waals surface area contributed by atoms with Gasteiger partial charge in [0.1, 0.15) is 11.3 Å². The van der Waals surface area contributed by atoms with E-state index in [-0.39, 0.29) is 18.3 Å². The van der Waals surface area contributed by atoms with Crippen molar-refractivity contribution >= 4 is 33.8 Å². The Balaban J connectivity index is 1.38. The summed E-state index contributed by atoms with van der Waals surface area (Å²) >= 11 is 0. The van der Waals surface area contributed by atoms with Crippen LogP contribution in [0.15, 0.2) is 67.1 Å². The van der Waals surface area contributed by atoms with E-state index in [4.69, 9.17) is 4.98 Å². The van der Waals surface area contributed by atoms with Gasteiger partial charge in [0.15, 0.2) is 17.2 Å². The molecule has 11 heteroatoms. The van der Waals surface area contributed by atoms with Crippen LogP contribution in [0.1, 0.15) is 0 Å². The third-order valence-corrected chi connectivity index (χ3v) is 5.96. The molecule has 6 rings (SSSR count). The number of fused-ring (bicyclic) bond motifs is 2. The van der Waals surface area contributed by atoms with Crippen LogP contribution in [0.2, 0.25) is 0 Å². The molecule has 0 radical (unpaired) electrons. The van der Waals surface area contributed by atoms with Crippen molar-refractivity contribution < 1.29 is 9.18 Å². The Kier molecular flexibility index (Phi) is 5.81. The van der Waals surface area contributed by atoms with Crippen molar-refractivity contribution in [2.75, 3.05) is 26.0 Å². The van der Waals surface area contributed by atoms with E-state index in [0.29, 0.717) is 39.6 Å². The highest BCUT2D eigenvalue weighted by atomic mass is 19.1. The Labute approximate surface area is 216 Å². The molecule has 0 unspecified atom stereocenters. The molecule has 5 heterocycles. The largest absolute Gasteiger partial charge is 0.335 e. The standard InChI is InChI=1S/C27H22FN9O/c1-37(2)14-22(38)31-18-11-16(12-29-13-18)20-7-8-21-24(32-20)25(36-35-21)27-33-23-19(9-10-30-26(23)34-27)15-3-5-17(28)6-4-15/h3-13H,14H2,1-2H3,(H,31,38)(H,35,36)(H,30,33,34). The molecule has 0 fully saturated rings. The smallest absolute Gasteiger partial charge is 0.238 e. The number of rotatable bonds is 6. The summed E-state index contributed by atoms with van der Waals surface area (Å²) in [7, 11) is 3.66. The van der Waals surface area contributed by atoms with Gasteiger partial charge in [-0.25, -0.2) is 19.3 Å². The van der Waals surface area contributed by atoms with Crippen molar-refractivity contribution in [3.05, 3.63) is 72.9 Å². The Hall–Kier alpha value is -5.03. The number of likely N-dealkylation sites (N-methyl/N-ethyl adjacent to an activating group) is 1. The fourth-order valence-electron chi connectivity index (χ4n) is 4.25. The fraction of sp³-hybridized carbons (Fsp3) is 0.111. The van der Waals surface area contributed by atoms with E-state index < -0.39 is 0 Å². The number of nitrogens with zero attached hydrogens (tertiary/aromatic N) is 6. The second-order valence-corrected chi connectivity index (χ2v) is 9.06. The predicted molar refractivity (Wildman–Crippen MR) is 143 cm³/mol. The van der Waals surface area contributed by atoms with Gasteiger partial charge in [0.05, 0.1) is 35.2 Å². The number of nitrogens with one attached hydrogen (secondary N) is 3. The number of pyridine rings is 3. The molecule has 188 valence electrons. The summed E-state index contributed by atoms with van der Waals surface area (Å²) < 4.78 is 13.5. The van der Waals surface area contributed by atoms with E-state index in [1.165, 1.54) is 12.1 Å². The van der Waals surface area contributed by atoms with Gasteiger partial charge in [0.25, 0.3) is 0 Å². The van der Waals surface area contributed by atoms with Crippen LogP contribution in [0.5, 0.6) is 0 Å². The summed E-state index contributed by atoms with van der Waals surface area (Å²) in [5, 5.41) is 10.3. The Morgan fingerprint density at radius 2 is 1.87 bits per heavy atom. The van der Waals surface area contributed by atoms with Crippen LogP contribution in [0.3, 0.4) is 0 Å². The number of aromatic amines is 2. The van der Waals surface area contributed by atoms with Crippen molar-refractivity contribution in [1.82, 2.24) is 40.0 Å². The first kappa shape index (κ1) is 23.4. The van der Waals surface area contributed by atoms with Gasteiger partial charge in [-0.1, -0.05) is 12.1 Å². The van der Waals surface area contributed by atoms with Crippen LogP contribution in [0, 0.1) is 5.82 Å². The van der Waals surface area contributed by atoms with E-state index >= 15 is 0 Å². The summed E-state index contributed by atoms with van der Waals surface area (Å²) in [5.74, 6) is 0.0691. The fourth-order valence-corrected chi connectivity index (χ4v) is 4.25. The minimum Gasteiger partial charge on any atom is -0.335 e. The van der Waals surface area contributed by atoms with Gasteiger partial charge in [-0.15, -0.1) is 0 Å². The lowest BCUT2D eigenvalue weighted by Gasteiger charge is -2.10. The van der Waals surface area contributed by atoms with Crippen LogP contribution in [0.25, 0.3) is 56.1 Å². The van der Waals surface area contributed by atoms with E-state index in [9.17, 15) is 9.18 Å². The van der Waals surface area contributed by atoms with Crippen molar-refractivity contribution in [3.63, 3.8) is 0 Å². The number of amides is 1. The average Bonchev–Trinajstić information content (AvgIpc) is 3.52. The summed E-state index contributed by atoms with van der Waals surface area (Å²) in [6.07, 6.45) is 4.95. The molecule has 1 aromatic carbocycles. The first-order valence-corrected chi connectivity index (χ1v) is 11.8. The highest BCUT2D eigenvalue weighted by molar-refractivity contribution is 5.95. The maximum atomic E-state index is 13.5. The number of imidazole rings is 1. The lowest BCUT2D eigenvalue weighted by molar-refractivity contribution is -0.116. The number of aromatic nitrogens is 7. The van der Waals surface area contributed by atoms with Crippen molar-refractivity contribution in [1.29, 1.82) is 0 Å². The molecule has 5 aromatic heterocycles.